The Hall–Kier alpha value is -4.28. The summed E-state index contributed by atoms with van der Waals surface area (Å²) >= 11 is 6.27. The van der Waals surface area contributed by atoms with E-state index in [0.29, 0.717) is 10.6 Å². The van der Waals surface area contributed by atoms with E-state index in [1.54, 1.807) is 24.3 Å². The van der Waals surface area contributed by atoms with Crippen molar-refractivity contribution >= 4 is 35.3 Å². The number of phenolic OH excluding ortho intramolecular Hbond substituents is 1. The molecule has 35 heavy (non-hydrogen) atoms. The first-order valence-electron chi connectivity index (χ1n) is 10.3. The van der Waals surface area contributed by atoms with Crippen LogP contribution in [-0.2, 0) is 11.3 Å². The third-order valence-electron chi connectivity index (χ3n) is 4.81. The molecule has 0 saturated carbocycles. The Labute approximate surface area is 205 Å². The number of amides is 3. The molecule has 1 aromatic heterocycles. The van der Waals surface area contributed by atoms with E-state index in [-0.39, 0.29) is 34.1 Å². The minimum atomic E-state index is -1.29. The standard InChI is InChI=1S/C24H21ClN4O6/c1-14(24(34)35)28-29(23(33)20-7-2-3-10-26-20)22(32)18-9-8-16(12-19(18)25)21(31)27-13-15-5-4-6-17(30)11-15/h2-12,14,28,30H,13H2,1H3,(H,27,31)(H,34,35)/t14-/m0/s1. The number of imide groups is 1. The highest BCUT2D eigenvalue weighted by Crippen LogP contribution is 2.21. The molecule has 4 N–H and O–H groups in total. The molecule has 0 unspecified atom stereocenters. The van der Waals surface area contributed by atoms with Crippen LogP contribution in [0.4, 0.5) is 0 Å². The molecule has 3 amide bonds. The number of carbonyl (C=O) groups is 4. The zero-order valence-electron chi connectivity index (χ0n) is 18.4. The van der Waals surface area contributed by atoms with Crippen LogP contribution in [0.2, 0.25) is 5.02 Å². The van der Waals surface area contributed by atoms with Crippen LogP contribution in [0.5, 0.6) is 5.75 Å². The first kappa shape index (κ1) is 25.3. The predicted molar refractivity (Wildman–Crippen MR) is 126 cm³/mol. The number of carbonyl (C=O) groups excluding carboxylic acids is 3. The largest absolute Gasteiger partial charge is 0.508 e. The SMILES string of the molecule is C[C@H](NN(C(=O)c1ccccn1)C(=O)c1ccc(C(=O)NCc2cccc(O)c2)cc1Cl)C(=O)O. The fourth-order valence-corrected chi connectivity index (χ4v) is 3.22. The molecular formula is C24H21ClN4O6. The molecule has 0 spiro atoms. The third kappa shape index (κ3) is 6.40. The Morgan fingerprint density at radius 2 is 1.80 bits per heavy atom. The number of halogens is 1. The molecule has 1 atom stereocenters. The number of rotatable bonds is 8. The normalized spacial score (nSPS) is 11.4. The molecule has 0 aliphatic heterocycles. The summed E-state index contributed by atoms with van der Waals surface area (Å²) < 4.78 is 0. The number of benzene rings is 2. The second-order valence-electron chi connectivity index (χ2n) is 7.40. The second-order valence-corrected chi connectivity index (χ2v) is 7.80. The van der Waals surface area contributed by atoms with Gasteiger partial charge in [-0.25, -0.2) is 10.4 Å². The van der Waals surface area contributed by atoms with Crippen LogP contribution in [0.3, 0.4) is 0 Å². The molecule has 3 rings (SSSR count). The molecule has 2 aromatic carbocycles. The number of nitrogens with zero attached hydrogens (tertiary/aromatic N) is 2. The molecule has 0 aliphatic rings. The van der Waals surface area contributed by atoms with Gasteiger partial charge in [-0.3, -0.25) is 24.2 Å². The van der Waals surface area contributed by atoms with Gasteiger partial charge in [0.15, 0.2) is 0 Å². The van der Waals surface area contributed by atoms with Gasteiger partial charge in [-0.2, -0.15) is 0 Å². The zero-order valence-corrected chi connectivity index (χ0v) is 19.2. The first-order chi connectivity index (χ1) is 16.7. The van der Waals surface area contributed by atoms with Gasteiger partial charge in [0, 0.05) is 18.3 Å². The zero-order chi connectivity index (χ0) is 25.5. The predicted octanol–water partition coefficient (Wildman–Crippen LogP) is 2.63. The molecule has 10 nitrogen and oxygen atoms in total. The monoisotopic (exact) mass is 496 g/mol. The Morgan fingerprint density at radius 3 is 2.43 bits per heavy atom. The quantitative estimate of drug-likeness (QED) is 0.274. The Balaban J connectivity index is 1.81. The average molecular weight is 497 g/mol. The van der Waals surface area contributed by atoms with E-state index < -0.39 is 29.7 Å². The van der Waals surface area contributed by atoms with Crippen LogP contribution >= 0.6 is 11.6 Å². The Bertz CT molecular complexity index is 1270. The number of carboxylic acids is 1. The van der Waals surface area contributed by atoms with E-state index in [1.807, 2.05) is 0 Å². The molecule has 180 valence electrons. The van der Waals surface area contributed by atoms with Gasteiger partial charge in [-0.15, -0.1) is 0 Å². The molecule has 0 aliphatic carbocycles. The number of nitrogens with one attached hydrogen (secondary N) is 2. The molecule has 0 saturated heterocycles. The highest BCUT2D eigenvalue weighted by molar-refractivity contribution is 6.34. The van der Waals surface area contributed by atoms with E-state index in [0.717, 1.165) is 0 Å². The number of aromatic hydroxyl groups is 1. The Morgan fingerprint density at radius 1 is 1.03 bits per heavy atom. The molecule has 3 aromatic rings. The molecule has 0 bridgehead atoms. The van der Waals surface area contributed by atoms with Crippen LogP contribution in [0.25, 0.3) is 0 Å². The van der Waals surface area contributed by atoms with Crippen molar-refractivity contribution < 1.29 is 29.4 Å². The molecule has 0 fully saturated rings. The van der Waals surface area contributed by atoms with Gasteiger partial charge >= 0.3 is 5.97 Å². The molecule has 0 radical (unpaired) electrons. The lowest BCUT2D eigenvalue weighted by Crippen LogP contribution is -2.53. The van der Waals surface area contributed by atoms with Crippen molar-refractivity contribution in [1.29, 1.82) is 0 Å². The maximum atomic E-state index is 13.2. The fourth-order valence-electron chi connectivity index (χ4n) is 2.96. The number of aliphatic carboxylic acids is 1. The molecular weight excluding hydrogens is 476 g/mol. The third-order valence-corrected chi connectivity index (χ3v) is 5.12. The number of carboxylic acid groups (broad SMARTS) is 1. The van der Waals surface area contributed by atoms with Gasteiger partial charge in [0.1, 0.15) is 17.5 Å². The maximum Gasteiger partial charge on any atom is 0.322 e. The van der Waals surface area contributed by atoms with E-state index >= 15 is 0 Å². The summed E-state index contributed by atoms with van der Waals surface area (Å²) in [4.78, 5) is 53.8. The van der Waals surface area contributed by atoms with E-state index in [2.05, 4.69) is 15.7 Å². The summed E-state index contributed by atoms with van der Waals surface area (Å²) in [5.74, 6) is -3.51. The van der Waals surface area contributed by atoms with E-state index in [4.69, 9.17) is 11.6 Å². The smallest absolute Gasteiger partial charge is 0.322 e. The van der Waals surface area contributed by atoms with Gasteiger partial charge in [0.2, 0.25) is 0 Å². The Kier molecular flexibility index (Phi) is 8.13. The van der Waals surface area contributed by atoms with Gasteiger partial charge in [-0.1, -0.05) is 29.8 Å². The van der Waals surface area contributed by atoms with Gasteiger partial charge < -0.3 is 15.5 Å². The maximum absolute atomic E-state index is 13.2. The van der Waals surface area contributed by atoms with E-state index in [1.165, 1.54) is 49.5 Å². The number of hydrazine groups is 1. The molecule has 11 heteroatoms. The highest BCUT2D eigenvalue weighted by Gasteiger charge is 2.30. The summed E-state index contributed by atoms with van der Waals surface area (Å²) in [6.45, 7) is 1.41. The number of hydrogen-bond acceptors (Lipinski definition) is 7. The molecule has 1 heterocycles. The van der Waals surface area contributed by atoms with Crippen LogP contribution in [-0.4, -0.2) is 49.9 Å². The fraction of sp³-hybridized carbons (Fsp3) is 0.125. The number of pyridine rings is 1. The van der Waals surface area contributed by atoms with Crippen molar-refractivity contribution in [3.05, 3.63) is 94.3 Å². The van der Waals surface area contributed by atoms with Crippen molar-refractivity contribution in [3.63, 3.8) is 0 Å². The lowest BCUT2D eigenvalue weighted by Gasteiger charge is -2.24. The van der Waals surface area contributed by atoms with Crippen LogP contribution in [0.15, 0.2) is 66.9 Å². The van der Waals surface area contributed by atoms with Crippen molar-refractivity contribution in [2.24, 2.45) is 0 Å². The van der Waals surface area contributed by atoms with Gasteiger partial charge in [0.25, 0.3) is 17.7 Å². The van der Waals surface area contributed by atoms with Gasteiger partial charge in [-0.05, 0) is 55.0 Å². The summed E-state index contributed by atoms with van der Waals surface area (Å²) in [5, 5.41) is 21.8. The van der Waals surface area contributed by atoms with Gasteiger partial charge in [0.05, 0.1) is 10.6 Å². The minimum absolute atomic E-state index is 0.0679. The number of phenols is 1. The topological polar surface area (TPSA) is 149 Å². The lowest BCUT2D eigenvalue weighted by atomic mass is 10.1. The van der Waals surface area contributed by atoms with Crippen molar-refractivity contribution in [3.8, 4) is 5.75 Å². The summed E-state index contributed by atoms with van der Waals surface area (Å²) in [6.07, 6.45) is 1.35. The second kappa shape index (κ2) is 11.2. The highest BCUT2D eigenvalue weighted by atomic mass is 35.5. The van der Waals surface area contributed by atoms with Crippen molar-refractivity contribution in [2.75, 3.05) is 0 Å². The summed E-state index contributed by atoms with van der Waals surface area (Å²) in [5.41, 5.74) is 2.96. The first-order valence-corrected chi connectivity index (χ1v) is 10.7. The summed E-state index contributed by atoms with van der Waals surface area (Å²) in [7, 11) is 0. The summed E-state index contributed by atoms with van der Waals surface area (Å²) in [6, 6.07) is 13.5. The minimum Gasteiger partial charge on any atom is -0.508 e. The van der Waals surface area contributed by atoms with Crippen LogP contribution in [0.1, 0.15) is 43.7 Å². The average Bonchev–Trinajstić information content (AvgIpc) is 2.85. The van der Waals surface area contributed by atoms with Crippen LogP contribution in [0, 0.1) is 0 Å². The van der Waals surface area contributed by atoms with Crippen molar-refractivity contribution in [1.82, 2.24) is 20.7 Å². The lowest BCUT2D eigenvalue weighted by molar-refractivity contribution is -0.139. The number of hydrogen-bond donors (Lipinski definition) is 4. The number of aromatic nitrogens is 1. The van der Waals surface area contributed by atoms with Crippen LogP contribution < -0.4 is 10.7 Å². The van der Waals surface area contributed by atoms with E-state index in [9.17, 15) is 29.4 Å². The van der Waals surface area contributed by atoms with Crippen molar-refractivity contribution in [2.45, 2.75) is 19.5 Å².